The lowest BCUT2D eigenvalue weighted by Crippen LogP contribution is -3.00. The first-order valence-electron chi connectivity index (χ1n) is 11.5. The monoisotopic (exact) mass is 613 g/mol. The van der Waals surface area contributed by atoms with E-state index in [2.05, 4.69) is 6.92 Å². The minimum Gasteiger partial charge on any atom is -1.00 e. The molecule has 0 fully saturated rings. The lowest BCUT2D eigenvalue weighted by molar-refractivity contribution is -0.939. The molecular weight excluding hydrogens is 583 g/mol. The fourth-order valence-electron chi connectivity index (χ4n) is 4.28. The Labute approximate surface area is 228 Å². The van der Waals surface area contributed by atoms with Crippen LogP contribution in [0.25, 0.3) is 0 Å². The number of para-hydroxylation sites is 1. The molecular formula is C27H31ClF2IN3O. The fraction of sp³-hybridized carbons (Fsp3) is 0.296. The van der Waals surface area contributed by atoms with Gasteiger partial charge in [-0.15, -0.1) is 0 Å². The molecule has 0 bridgehead atoms. The topological polar surface area (TPSA) is 46.3 Å². The number of hydrogen-bond donors (Lipinski definition) is 1. The Bertz CT molecular complexity index is 1090. The summed E-state index contributed by atoms with van der Waals surface area (Å²) in [7, 11) is 0. The Kier molecular flexibility index (Phi) is 11.4. The first-order chi connectivity index (χ1) is 16.3. The highest BCUT2D eigenvalue weighted by atomic mass is 127. The molecule has 0 aliphatic carbocycles. The summed E-state index contributed by atoms with van der Waals surface area (Å²) in [6.07, 6.45) is 1.42. The molecule has 4 nitrogen and oxygen atoms in total. The molecule has 0 aliphatic heterocycles. The van der Waals surface area contributed by atoms with E-state index in [9.17, 15) is 13.6 Å². The van der Waals surface area contributed by atoms with Crippen LogP contribution in [0.5, 0.6) is 0 Å². The van der Waals surface area contributed by atoms with E-state index in [0.29, 0.717) is 41.1 Å². The number of nitrogens with zero attached hydrogens (tertiary/aromatic N) is 2. The summed E-state index contributed by atoms with van der Waals surface area (Å²) in [5, 5.41) is 0.675. The third-order valence-corrected chi connectivity index (χ3v) is 6.57. The molecule has 2 N–H and O–H groups in total. The van der Waals surface area contributed by atoms with Gasteiger partial charge in [-0.05, 0) is 55.0 Å². The lowest BCUT2D eigenvalue weighted by Gasteiger charge is -2.39. The number of amides is 2. The summed E-state index contributed by atoms with van der Waals surface area (Å²) in [5.41, 5.74) is 7.86. The predicted octanol–water partition coefficient (Wildman–Crippen LogP) is 3.18. The van der Waals surface area contributed by atoms with Gasteiger partial charge in [-0.3, -0.25) is 4.90 Å². The van der Waals surface area contributed by atoms with E-state index in [0.717, 1.165) is 36.8 Å². The molecule has 3 rings (SSSR count). The van der Waals surface area contributed by atoms with E-state index in [4.69, 9.17) is 17.3 Å². The van der Waals surface area contributed by atoms with Crippen LogP contribution in [-0.4, -0.2) is 36.7 Å². The summed E-state index contributed by atoms with van der Waals surface area (Å²) >= 11 is 6.02. The highest BCUT2D eigenvalue weighted by molar-refractivity contribution is 6.30. The van der Waals surface area contributed by atoms with Crippen LogP contribution in [0.3, 0.4) is 0 Å². The van der Waals surface area contributed by atoms with Crippen molar-refractivity contribution in [1.82, 2.24) is 0 Å². The molecule has 8 heteroatoms. The summed E-state index contributed by atoms with van der Waals surface area (Å²) < 4.78 is 29.0. The largest absolute Gasteiger partial charge is 1.00 e. The van der Waals surface area contributed by atoms with Crippen molar-refractivity contribution < 1.29 is 42.0 Å². The van der Waals surface area contributed by atoms with Gasteiger partial charge in [0.05, 0.1) is 19.6 Å². The first-order valence-corrected chi connectivity index (χ1v) is 11.9. The molecule has 2 amide bonds. The fourth-order valence-corrected chi connectivity index (χ4v) is 4.41. The van der Waals surface area contributed by atoms with Crippen molar-refractivity contribution in [3.8, 4) is 0 Å². The smallest absolute Gasteiger partial charge is 0.319 e. The Morgan fingerprint density at radius 3 is 2.31 bits per heavy atom. The minimum atomic E-state index is -0.516. The van der Waals surface area contributed by atoms with Gasteiger partial charge < -0.3 is 34.2 Å². The highest BCUT2D eigenvalue weighted by Gasteiger charge is 2.28. The zero-order valence-electron chi connectivity index (χ0n) is 19.8. The van der Waals surface area contributed by atoms with E-state index in [-0.39, 0.29) is 24.0 Å². The molecule has 1 atom stereocenters. The van der Waals surface area contributed by atoms with E-state index in [1.165, 1.54) is 12.1 Å². The summed E-state index contributed by atoms with van der Waals surface area (Å²) in [6.45, 7) is 4.99. The molecule has 0 aliphatic rings. The van der Waals surface area contributed by atoms with Crippen LogP contribution in [0.1, 0.15) is 24.5 Å². The number of halogens is 4. The van der Waals surface area contributed by atoms with Crippen molar-refractivity contribution in [2.75, 3.05) is 31.1 Å². The molecule has 0 saturated heterocycles. The van der Waals surface area contributed by atoms with Crippen molar-refractivity contribution in [2.45, 2.75) is 26.3 Å². The molecule has 0 heterocycles. The summed E-state index contributed by atoms with van der Waals surface area (Å²) in [5.74, 6) is -0.862. The van der Waals surface area contributed by atoms with Crippen LogP contribution in [0, 0.1) is 11.6 Å². The van der Waals surface area contributed by atoms with Gasteiger partial charge in [0, 0.05) is 35.7 Å². The number of urea groups is 1. The second-order valence-corrected chi connectivity index (χ2v) is 8.99. The van der Waals surface area contributed by atoms with Gasteiger partial charge in [0.25, 0.3) is 0 Å². The van der Waals surface area contributed by atoms with Crippen molar-refractivity contribution >= 4 is 23.3 Å². The number of anilines is 1. The number of carbonyl (C=O) groups is 1. The van der Waals surface area contributed by atoms with Crippen LogP contribution < -0.4 is 34.6 Å². The average Bonchev–Trinajstić information content (AvgIpc) is 2.83. The predicted molar refractivity (Wildman–Crippen MR) is 134 cm³/mol. The van der Waals surface area contributed by atoms with Gasteiger partial charge in [-0.1, -0.05) is 41.9 Å². The first kappa shape index (κ1) is 29.0. The number of primary amides is 1. The molecule has 0 aromatic heterocycles. The van der Waals surface area contributed by atoms with Crippen LogP contribution >= 0.6 is 11.6 Å². The Morgan fingerprint density at radius 2 is 1.69 bits per heavy atom. The van der Waals surface area contributed by atoms with Crippen LogP contribution in [-0.2, 0) is 13.0 Å². The Morgan fingerprint density at radius 1 is 1.00 bits per heavy atom. The van der Waals surface area contributed by atoms with E-state index in [1.807, 2.05) is 54.6 Å². The number of likely N-dealkylation sites (N-methyl/N-ethyl adjacent to an activating group) is 1. The van der Waals surface area contributed by atoms with Crippen molar-refractivity contribution in [3.63, 3.8) is 0 Å². The van der Waals surface area contributed by atoms with Gasteiger partial charge in [0.15, 0.2) is 0 Å². The Balaban J connectivity index is 0.00000432. The van der Waals surface area contributed by atoms with Gasteiger partial charge >= 0.3 is 6.03 Å². The number of quaternary nitrogens is 1. The van der Waals surface area contributed by atoms with Gasteiger partial charge in [0.1, 0.15) is 18.2 Å². The lowest BCUT2D eigenvalue weighted by atomic mass is 10.1. The standard InChI is InChI=1S/C27H30ClF2N3O.HI/c1-2-33(18-15-21-9-11-23(28)12-10-21,20-22-19-24(29)13-14-26(22)30)17-6-16-32(27(31)34)25-7-4-3-5-8-25;/h3-5,7-14,19H,2,6,15-18,20H2,1H3,(H-,31,34);1H. The SMILES string of the molecule is CC[N+](CCCN(C(N)=O)c1ccccc1)(CCc1ccc(Cl)cc1)Cc1cc(F)ccc1F.[I-]. The maximum atomic E-state index is 14.6. The van der Waals surface area contributed by atoms with Gasteiger partial charge in [-0.2, -0.15) is 0 Å². The highest BCUT2D eigenvalue weighted by Crippen LogP contribution is 2.22. The van der Waals surface area contributed by atoms with Crippen LogP contribution in [0.15, 0.2) is 72.8 Å². The molecule has 3 aromatic rings. The minimum absolute atomic E-state index is 0. The summed E-state index contributed by atoms with van der Waals surface area (Å²) in [4.78, 5) is 13.6. The molecule has 35 heavy (non-hydrogen) atoms. The van der Waals surface area contributed by atoms with Crippen molar-refractivity contribution in [1.29, 1.82) is 0 Å². The normalized spacial score (nSPS) is 12.5. The molecule has 0 radical (unpaired) electrons. The van der Waals surface area contributed by atoms with E-state index >= 15 is 0 Å². The maximum absolute atomic E-state index is 14.6. The van der Waals surface area contributed by atoms with Crippen LogP contribution in [0.2, 0.25) is 5.02 Å². The zero-order valence-corrected chi connectivity index (χ0v) is 22.7. The van der Waals surface area contributed by atoms with Gasteiger partial charge in [-0.25, -0.2) is 13.6 Å². The Hall–Kier alpha value is -2.23. The average molecular weight is 614 g/mol. The van der Waals surface area contributed by atoms with Crippen molar-refractivity contribution in [3.05, 3.63) is 101 Å². The number of nitrogens with two attached hydrogens (primary N) is 1. The van der Waals surface area contributed by atoms with Crippen LogP contribution in [0.4, 0.5) is 19.3 Å². The van der Waals surface area contributed by atoms with E-state index < -0.39 is 17.7 Å². The zero-order chi connectivity index (χ0) is 24.6. The number of carbonyl (C=O) groups excluding carboxylic acids is 1. The van der Waals surface area contributed by atoms with Gasteiger partial charge in [0.2, 0.25) is 0 Å². The third kappa shape index (κ3) is 8.44. The molecule has 1 unspecified atom stereocenters. The number of benzene rings is 3. The number of hydrogen-bond acceptors (Lipinski definition) is 1. The van der Waals surface area contributed by atoms with E-state index in [1.54, 1.807) is 4.90 Å². The summed E-state index contributed by atoms with van der Waals surface area (Å²) in [6, 6.07) is 20.0. The molecule has 0 spiro atoms. The molecule has 3 aromatic carbocycles. The number of rotatable bonds is 11. The second-order valence-electron chi connectivity index (χ2n) is 8.55. The molecule has 188 valence electrons. The third-order valence-electron chi connectivity index (χ3n) is 6.32. The molecule has 0 saturated carbocycles. The quantitative estimate of drug-likeness (QED) is 0.262. The second kappa shape index (κ2) is 13.8. The van der Waals surface area contributed by atoms with Crippen molar-refractivity contribution in [2.24, 2.45) is 5.73 Å². The maximum Gasteiger partial charge on any atom is 0.319 e.